The first kappa shape index (κ1) is 12.3. The Morgan fingerprint density at radius 2 is 2.05 bits per heavy atom. The van der Waals surface area contributed by atoms with Gasteiger partial charge in [-0.2, -0.15) is 0 Å². The number of fused-ring (bicyclic) bond motifs is 2. The van der Waals surface area contributed by atoms with E-state index in [1.165, 1.54) is 17.6 Å². The van der Waals surface area contributed by atoms with E-state index in [4.69, 9.17) is 4.74 Å². The minimum atomic E-state index is 0.268. The molecule has 4 rings (SSSR count). The standard InChI is InChI=1S/C17H19NO2/c19-16-7-12-8-17(11-5-6-18-9-11)20-10-15(12)13-3-1-2-4-14(13)16/h1-4,11,17-18H,5-10H2. The Hall–Kier alpha value is -1.45. The zero-order valence-electron chi connectivity index (χ0n) is 11.5. The molecule has 1 aromatic carbocycles. The summed E-state index contributed by atoms with van der Waals surface area (Å²) in [4.78, 5) is 12.3. The van der Waals surface area contributed by atoms with Crippen molar-refractivity contribution in [1.29, 1.82) is 0 Å². The maximum Gasteiger partial charge on any atom is 0.167 e. The van der Waals surface area contributed by atoms with E-state index >= 15 is 0 Å². The third-order valence-corrected chi connectivity index (χ3v) is 4.87. The molecule has 104 valence electrons. The normalized spacial score (nSPS) is 29.3. The predicted molar refractivity (Wildman–Crippen MR) is 77.6 cm³/mol. The molecule has 1 fully saturated rings. The van der Waals surface area contributed by atoms with Crippen molar-refractivity contribution in [2.24, 2.45) is 5.92 Å². The molecule has 0 spiro atoms. The Kier molecular flexibility index (Phi) is 2.97. The van der Waals surface area contributed by atoms with Crippen LogP contribution in [0.5, 0.6) is 0 Å². The topological polar surface area (TPSA) is 38.3 Å². The summed E-state index contributed by atoms with van der Waals surface area (Å²) in [7, 11) is 0. The van der Waals surface area contributed by atoms with Gasteiger partial charge in [0.15, 0.2) is 5.78 Å². The highest BCUT2D eigenvalue weighted by Crippen LogP contribution is 2.39. The van der Waals surface area contributed by atoms with Crippen LogP contribution in [0.25, 0.3) is 5.57 Å². The molecule has 2 aliphatic heterocycles. The Morgan fingerprint density at radius 3 is 2.85 bits per heavy atom. The van der Waals surface area contributed by atoms with Gasteiger partial charge in [0.2, 0.25) is 0 Å². The molecular formula is C17H19NO2. The Balaban J connectivity index is 1.66. The highest BCUT2D eigenvalue weighted by Gasteiger charge is 2.34. The van der Waals surface area contributed by atoms with Gasteiger partial charge in [-0.15, -0.1) is 0 Å². The average molecular weight is 269 g/mol. The van der Waals surface area contributed by atoms with Crippen molar-refractivity contribution in [3.8, 4) is 0 Å². The molecular weight excluding hydrogens is 250 g/mol. The maximum absolute atomic E-state index is 12.3. The SMILES string of the molecule is O=C1CC2=C(COC(C3CCNC3)C2)c2ccccc21. The monoisotopic (exact) mass is 269 g/mol. The van der Waals surface area contributed by atoms with Gasteiger partial charge in [0.1, 0.15) is 0 Å². The smallest absolute Gasteiger partial charge is 0.167 e. The Morgan fingerprint density at radius 1 is 1.20 bits per heavy atom. The zero-order chi connectivity index (χ0) is 13.5. The van der Waals surface area contributed by atoms with Crippen LogP contribution in [0.3, 0.4) is 0 Å². The zero-order valence-corrected chi connectivity index (χ0v) is 11.5. The fraction of sp³-hybridized carbons (Fsp3) is 0.471. The van der Waals surface area contributed by atoms with Crippen molar-refractivity contribution in [3.63, 3.8) is 0 Å². The van der Waals surface area contributed by atoms with Crippen LogP contribution in [0.2, 0.25) is 0 Å². The van der Waals surface area contributed by atoms with Crippen LogP contribution in [0, 0.1) is 5.92 Å². The van der Waals surface area contributed by atoms with E-state index in [0.29, 0.717) is 25.0 Å². The second-order valence-electron chi connectivity index (χ2n) is 6.03. The number of carbonyl (C=O) groups is 1. The van der Waals surface area contributed by atoms with E-state index in [-0.39, 0.29) is 5.78 Å². The predicted octanol–water partition coefficient (Wildman–Crippen LogP) is 2.43. The summed E-state index contributed by atoms with van der Waals surface area (Å²) in [6, 6.07) is 7.95. The number of hydrogen-bond acceptors (Lipinski definition) is 3. The molecule has 20 heavy (non-hydrogen) atoms. The molecule has 3 nitrogen and oxygen atoms in total. The van der Waals surface area contributed by atoms with Crippen molar-refractivity contribution in [3.05, 3.63) is 41.0 Å². The van der Waals surface area contributed by atoms with Crippen LogP contribution in [0.1, 0.15) is 35.2 Å². The van der Waals surface area contributed by atoms with Gasteiger partial charge in [0.05, 0.1) is 12.7 Å². The quantitative estimate of drug-likeness (QED) is 0.851. The van der Waals surface area contributed by atoms with Crippen molar-refractivity contribution >= 4 is 11.4 Å². The van der Waals surface area contributed by atoms with Crippen LogP contribution in [-0.2, 0) is 4.74 Å². The highest BCUT2D eigenvalue weighted by atomic mass is 16.5. The van der Waals surface area contributed by atoms with Gasteiger partial charge in [-0.3, -0.25) is 4.79 Å². The lowest BCUT2D eigenvalue weighted by molar-refractivity contribution is 0.0299. The number of nitrogens with one attached hydrogen (secondary N) is 1. The molecule has 1 aromatic rings. The van der Waals surface area contributed by atoms with Gasteiger partial charge in [-0.05, 0) is 36.4 Å². The first-order valence-electron chi connectivity index (χ1n) is 7.49. The van der Waals surface area contributed by atoms with E-state index in [0.717, 1.165) is 30.6 Å². The first-order valence-corrected chi connectivity index (χ1v) is 7.49. The summed E-state index contributed by atoms with van der Waals surface area (Å²) >= 11 is 0. The van der Waals surface area contributed by atoms with Gasteiger partial charge >= 0.3 is 0 Å². The van der Waals surface area contributed by atoms with Gasteiger partial charge < -0.3 is 10.1 Å². The third-order valence-electron chi connectivity index (χ3n) is 4.87. The van der Waals surface area contributed by atoms with E-state index < -0.39 is 0 Å². The molecule has 2 unspecified atom stereocenters. The summed E-state index contributed by atoms with van der Waals surface area (Å²) in [6.45, 7) is 2.82. The largest absolute Gasteiger partial charge is 0.373 e. The Labute approximate surface area is 119 Å². The molecule has 3 aliphatic rings. The first-order chi connectivity index (χ1) is 9.83. The van der Waals surface area contributed by atoms with Crippen molar-refractivity contribution in [2.75, 3.05) is 19.7 Å². The number of rotatable bonds is 1. The number of benzene rings is 1. The van der Waals surface area contributed by atoms with Crippen LogP contribution in [0.4, 0.5) is 0 Å². The van der Waals surface area contributed by atoms with Gasteiger partial charge in [0, 0.05) is 18.5 Å². The second-order valence-corrected chi connectivity index (χ2v) is 6.03. The fourth-order valence-electron chi connectivity index (χ4n) is 3.74. The molecule has 0 aromatic heterocycles. The lowest BCUT2D eigenvalue weighted by Crippen LogP contribution is -2.32. The van der Waals surface area contributed by atoms with Crippen LogP contribution >= 0.6 is 0 Å². The van der Waals surface area contributed by atoms with Gasteiger partial charge in [-0.25, -0.2) is 0 Å². The molecule has 1 aliphatic carbocycles. The summed E-state index contributed by atoms with van der Waals surface area (Å²) in [5.41, 5.74) is 4.55. The number of hydrogen-bond donors (Lipinski definition) is 1. The molecule has 2 atom stereocenters. The minimum absolute atomic E-state index is 0.268. The van der Waals surface area contributed by atoms with Crippen molar-refractivity contribution < 1.29 is 9.53 Å². The summed E-state index contributed by atoms with van der Waals surface area (Å²) in [5, 5.41) is 3.40. The number of Topliss-reactive ketones (excluding diaryl/α,β-unsaturated/α-hetero) is 1. The van der Waals surface area contributed by atoms with Gasteiger partial charge in [0.25, 0.3) is 0 Å². The number of ketones is 1. The minimum Gasteiger partial charge on any atom is -0.373 e. The molecule has 1 N–H and O–H groups in total. The maximum atomic E-state index is 12.3. The Bertz CT molecular complexity index is 584. The van der Waals surface area contributed by atoms with Gasteiger partial charge in [-0.1, -0.05) is 29.8 Å². The molecule has 0 saturated carbocycles. The summed E-state index contributed by atoms with van der Waals surface area (Å²) in [5.74, 6) is 0.876. The molecule has 0 bridgehead atoms. The number of carbonyl (C=O) groups excluding carboxylic acids is 1. The fourth-order valence-corrected chi connectivity index (χ4v) is 3.74. The highest BCUT2D eigenvalue weighted by molar-refractivity contribution is 6.06. The number of ether oxygens (including phenoxy) is 1. The van der Waals surface area contributed by atoms with Crippen molar-refractivity contribution in [2.45, 2.75) is 25.4 Å². The molecule has 0 radical (unpaired) electrons. The summed E-state index contributed by atoms with van der Waals surface area (Å²) < 4.78 is 6.11. The van der Waals surface area contributed by atoms with Crippen LogP contribution in [0.15, 0.2) is 29.8 Å². The van der Waals surface area contributed by atoms with Crippen LogP contribution < -0.4 is 5.32 Å². The van der Waals surface area contributed by atoms with E-state index in [1.54, 1.807) is 0 Å². The lowest BCUT2D eigenvalue weighted by atomic mass is 9.80. The second kappa shape index (κ2) is 4.83. The molecule has 1 saturated heterocycles. The molecule has 3 heteroatoms. The van der Waals surface area contributed by atoms with Crippen molar-refractivity contribution in [1.82, 2.24) is 5.32 Å². The van der Waals surface area contributed by atoms with E-state index in [9.17, 15) is 4.79 Å². The van der Waals surface area contributed by atoms with E-state index in [1.807, 2.05) is 18.2 Å². The molecule has 0 amide bonds. The average Bonchev–Trinajstić information content (AvgIpc) is 3.01. The van der Waals surface area contributed by atoms with Crippen LogP contribution in [-0.4, -0.2) is 31.6 Å². The summed E-state index contributed by atoms with van der Waals surface area (Å²) in [6.07, 6.45) is 3.01. The molecule has 2 heterocycles. The third kappa shape index (κ3) is 1.93. The lowest BCUT2D eigenvalue weighted by Gasteiger charge is -2.34. The van der Waals surface area contributed by atoms with E-state index in [2.05, 4.69) is 11.4 Å².